The van der Waals surface area contributed by atoms with Crippen molar-refractivity contribution in [3.8, 4) is 11.5 Å². The molecule has 0 radical (unpaired) electrons. The number of nitrogens with zero attached hydrogens (tertiary/aromatic N) is 2. The summed E-state index contributed by atoms with van der Waals surface area (Å²) in [5.41, 5.74) is 1.22. The lowest BCUT2D eigenvalue weighted by Crippen LogP contribution is -2.24. The van der Waals surface area contributed by atoms with Crippen LogP contribution in [-0.2, 0) is 6.54 Å². The first-order valence-electron chi connectivity index (χ1n) is 8.50. The average molecular weight is 342 g/mol. The molecule has 7 heteroatoms. The number of fused-ring (bicyclic) bond motifs is 1. The number of benzene rings is 1. The van der Waals surface area contributed by atoms with Gasteiger partial charge in [-0.1, -0.05) is 25.8 Å². The zero-order chi connectivity index (χ0) is 17.5. The monoisotopic (exact) mass is 342 g/mol. The van der Waals surface area contributed by atoms with E-state index < -0.39 is 0 Å². The summed E-state index contributed by atoms with van der Waals surface area (Å²) in [6.45, 7) is 3.64. The van der Waals surface area contributed by atoms with Gasteiger partial charge in [-0.2, -0.15) is 0 Å². The minimum Gasteiger partial charge on any atom is -0.454 e. The lowest BCUT2D eigenvalue weighted by atomic mass is 10.2. The van der Waals surface area contributed by atoms with Gasteiger partial charge in [0.2, 0.25) is 6.79 Å². The van der Waals surface area contributed by atoms with Gasteiger partial charge in [0.1, 0.15) is 5.82 Å². The van der Waals surface area contributed by atoms with Gasteiger partial charge in [-0.25, -0.2) is 0 Å². The molecule has 0 unspecified atom stereocenters. The minimum atomic E-state index is -0.261. The predicted octanol–water partition coefficient (Wildman–Crippen LogP) is 2.74. The van der Waals surface area contributed by atoms with E-state index in [-0.39, 0.29) is 12.7 Å². The van der Waals surface area contributed by atoms with Crippen LogP contribution in [0.5, 0.6) is 11.5 Å². The van der Waals surface area contributed by atoms with Crippen LogP contribution in [0.2, 0.25) is 0 Å². The highest BCUT2D eigenvalue weighted by Crippen LogP contribution is 2.32. The topological polar surface area (TPSA) is 85.4 Å². The van der Waals surface area contributed by atoms with Crippen LogP contribution in [-0.4, -0.2) is 29.4 Å². The van der Waals surface area contributed by atoms with Crippen LogP contribution < -0.4 is 20.1 Å². The average Bonchev–Trinajstić information content (AvgIpc) is 3.11. The number of hydrogen-bond acceptors (Lipinski definition) is 6. The highest BCUT2D eigenvalue weighted by Gasteiger charge is 2.14. The summed E-state index contributed by atoms with van der Waals surface area (Å²) in [7, 11) is 0. The van der Waals surface area contributed by atoms with Gasteiger partial charge >= 0.3 is 0 Å². The number of nitrogens with one attached hydrogen (secondary N) is 2. The summed E-state index contributed by atoms with van der Waals surface area (Å²) in [6.07, 6.45) is 3.45. The Kier molecular flexibility index (Phi) is 5.66. The van der Waals surface area contributed by atoms with Crippen molar-refractivity contribution in [1.29, 1.82) is 0 Å². The highest BCUT2D eigenvalue weighted by molar-refractivity contribution is 5.92. The molecule has 1 aliphatic heterocycles. The lowest BCUT2D eigenvalue weighted by molar-refractivity contribution is 0.0945. The molecule has 3 rings (SSSR count). The number of carbonyl (C=O) groups excluding carboxylic acids is 1. The number of anilines is 1. The second kappa shape index (κ2) is 8.32. The Hall–Kier alpha value is -2.83. The molecule has 2 N–H and O–H groups in total. The molecule has 0 fully saturated rings. The van der Waals surface area contributed by atoms with Crippen molar-refractivity contribution in [3.63, 3.8) is 0 Å². The third kappa shape index (κ3) is 4.59. The van der Waals surface area contributed by atoms with Crippen molar-refractivity contribution in [2.24, 2.45) is 0 Å². The number of aromatic nitrogens is 2. The van der Waals surface area contributed by atoms with Gasteiger partial charge in [-0.15, -0.1) is 10.2 Å². The van der Waals surface area contributed by atoms with Crippen molar-refractivity contribution >= 4 is 11.7 Å². The number of carbonyl (C=O) groups is 1. The van der Waals surface area contributed by atoms with E-state index in [1.807, 2.05) is 18.2 Å². The summed E-state index contributed by atoms with van der Waals surface area (Å²) in [6, 6.07) is 9.03. The first-order valence-corrected chi connectivity index (χ1v) is 8.50. The Morgan fingerprint density at radius 2 is 2.00 bits per heavy atom. The Bertz CT molecular complexity index is 719. The Labute approximate surface area is 146 Å². The zero-order valence-electron chi connectivity index (χ0n) is 14.2. The lowest BCUT2D eigenvalue weighted by Gasteiger charge is -2.07. The second-order valence-corrected chi connectivity index (χ2v) is 5.81. The molecule has 0 saturated heterocycles. The molecule has 7 nitrogen and oxygen atoms in total. The van der Waals surface area contributed by atoms with E-state index in [1.165, 1.54) is 12.8 Å². The highest BCUT2D eigenvalue weighted by atomic mass is 16.7. The van der Waals surface area contributed by atoms with Crippen molar-refractivity contribution in [2.45, 2.75) is 32.7 Å². The van der Waals surface area contributed by atoms with Gasteiger partial charge in [0, 0.05) is 13.1 Å². The van der Waals surface area contributed by atoms with Crippen LogP contribution >= 0.6 is 0 Å². The molecule has 1 amide bonds. The first kappa shape index (κ1) is 17.0. The maximum absolute atomic E-state index is 12.2. The largest absolute Gasteiger partial charge is 0.454 e. The molecule has 132 valence electrons. The number of rotatable bonds is 8. The zero-order valence-corrected chi connectivity index (χ0v) is 14.2. The van der Waals surface area contributed by atoms with Crippen LogP contribution in [0.3, 0.4) is 0 Å². The molecule has 1 aliphatic rings. The molecule has 2 aromatic rings. The summed E-state index contributed by atoms with van der Waals surface area (Å²) >= 11 is 0. The van der Waals surface area contributed by atoms with E-state index in [1.54, 1.807) is 12.1 Å². The van der Waals surface area contributed by atoms with Crippen LogP contribution in [0.15, 0.2) is 30.3 Å². The molecule has 0 bridgehead atoms. The fourth-order valence-electron chi connectivity index (χ4n) is 2.46. The maximum atomic E-state index is 12.2. The molecule has 0 spiro atoms. The van der Waals surface area contributed by atoms with E-state index >= 15 is 0 Å². The summed E-state index contributed by atoms with van der Waals surface area (Å²) < 4.78 is 10.6. The second-order valence-electron chi connectivity index (χ2n) is 5.81. The van der Waals surface area contributed by atoms with E-state index in [9.17, 15) is 4.79 Å². The van der Waals surface area contributed by atoms with Crippen molar-refractivity contribution in [2.75, 3.05) is 18.7 Å². The van der Waals surface area contributed by atoms with Gasteiger partial charge in [-0.05, 0) is 36.2 Å². The number of unbranched alkanes of at least 4 members (excludes halogenated alkanes) is 2. The molecule has 0 aliphatic carbocycles. The van der Waals surface area contributed by atoms with E-state index in [2.05, 4.69) is 27.8 Å². The summed E-state index contributed by atoms with van der Waals surface area (Å²) in [5.74, 6) is 1.85. The van der Waals surface area contributed by atoms with Crippen LogP contribution in [0.25, 0.3) is 0 Å². The molecule has 25 heavy (non-hydrogen) atoms. The molecular weight excluding hydrogens is 320 g/mol. The van der Waals surface area contributed by atoms with Crippen LogP contribution in [0, 0.1) is 0 Å². The molecule has 2 heterocycles. The normalized spacial score (nSPS) is 12.0. The first-order chi connectivity index (χ1) is 12.3. The van der Waals surface area contributed by atoms with Crippen LogP contribution in [0.4, 0.5) is 5.82 Å². The summed E-state index contributed by atoms with van der Waals surface area (Å²) in [4.78, 5) is 12.2. The molecule has 0 atom stereocenters. The summed E-state index contributed by atoms with van der Waals surface area (Å²) in [5, 5.41) is 14.0. The third-order valence-corrected chi connectivity index (χ3v) is 3.87. The molecule has 1 aromatic heterocycles. The number of ether oxygens (including phenoxy) is 2. The number of amides is 1. The Morgan fingerprint density at radius 3 is 2.80 bits per heavy atom. The molecular formula is C18H22N4O3. The van der Waals surface area contributed by atoms with Crippen molar-refractivity contribution < 1.29 is 14.3 Å². The van der Waals surface area contributed by atoms with Crippen molar-refractivity contribution in [1.82, 2.24) is 15.5 Å². The third-order valence-electron chi connectivity index (χ3n) is 3.87. The maximum Gasteiger partial charge on any atom is 0.272 e. The van der Waals surface area contributed by atoms with Crippen LogP contribution in [0.1, 0.15) is 42.2 Å². The number of hydrogen-bond donors (Lipinski definition) is 2. The van der Waals surface area contributed by atoms with Gasteiger partial charge in [-0.3, -0.25) is 4.79 Å². The van der Waals surface area contributed by atoms with Gasteiger partial charge in [0.05, 0.1) is 0 Å². The molecule has 1 aromatic carbocycles. The van der Waals surface area contributed by atoms with E-state index in [0.717, 1.165) is 24.3 Å². The Morgan fingerprint density at radius 1 is 1.12 bits per heavy atom. The van der Waals surface area contributed by atoms with Crippen molar-refractivity contribution in [3.05, 3.63) is 41.6 Å². The van der Waals surface area contributed by atoms with Gasteiger partial charge in [0.25, 0.3) is 5.91 Å². The predicted molar refractivity (Wildman–Crippen MR) is 93.8 cm³/mol. The molecule has 0 saturated carbocycles. The fourth-order valence-corrected chi connectivity index (χ4v) is 2.46. The quantitative estimate of drug-likeness (QED) is 0.718. The minimum absolute atomic E-state index is 0.236. The van der Waals surface area contributed by atoms with Gasteiger partial charge in [0.15, 0.2) is 17.2 Å². The Balaban J connectivity index is 1.49. The standard InChI is InChI=1S/C18H22N4O3/c1-2-3-4-9-19-17-8-6-14(21-22-17)18(23)20-11-13-5-7-15-16(10-13)25-12-24-15/h5-8,10H,2-4,9,11-12H2,1H3,(H,19,22)(H,20,23). The SMILES string of the molecule is CCCCCNc1ccc(C(=O)NCc2ccc3c(c2)OCO3)nn1. The van der Waals surface area contributed by atoms with E-state index in [4.69, 9.17) is 9.47 Å². The van der Waals surface area contributed by atoms with E-state index in [0.29, 0.717) is 23.8 Å². The fraction of sp³-hybridized carbons (Fsp3) is 0.389. The van der Waals surface area contributed by atoms with Gasteiger partial charge < -0.3 is 20.1 Å². The smallest absolute Gasteiger partial charge is 0.272 e.